The summed E-state index contributed by atoms with van der Waals surface area (Å²) in [6.45, 7) is 3.65. The summed E-state index contributed by atoms with van der Waals surface area (Å²) < 4.78 is 18.3. The van der Waals surface area contributed by atoms with E-state index in [1.54, 1.807) is 6.92 Å². The Hall–Kier alpha value is -2.67. The molecule has 0 aliphatic heterocycles. The highest BCUT2D eigenvalue weighted by Crippen LogP contribution is 2.13. The van der Waals surface area contributed by atoms with E-state index >= 15 is 0 Å². The molecular weight excluding hydrogens is 341 g/mol. The molecule has 0 aliphatic carbocycles. The Morgan fingerprint density at radius 1 is 1.20 bits per heavy atom. The van der Waals surface area contributed by atoms with Gasteiger partial charge < -0.3 is 10.1 Å². The van der Waals surface area contributed by atoms with Crippen LogP contribution in [0.5, 0.6) is 5.75 Å². The standard InChI is InChI=1S/C18H20FN3O2S/c1-3-13-5-4-6-15(11-13)20-18(25)22-21-17(23)12(2)24-16-9-7-14(19)8-10-16/h4-12H,3H2,1-2H3,(H,21,23)(H2,20,22,25)/t12-/m0/s1. The van der Waals surface area contributed by atoms with Crippen molar-refractivity contribution in [3.8, 4) is 5.75 Å². The third-order valence-corrected chi connectivity index (χ3v) is 3.59. The first-order valence-electron chi connectivity index (χ1n) is 7.86. The smallest absolute Gasteiger partial charge is 0.279 e. The molecule has 0 saturated carbocycles. The zero-order valence-electron chi connectivity index (χ0n) is 14.0. The van der Waals surface area contributed by atoms with E-state index in [1.807, 2.05) is 24.3 Å². The average Bonchev–Trinajstić information content (AvgIpc) is 2.61. The van der Waals surface area contributed by atoms with Gasteiger partial charge in [0.05, 0.1) is 0 Å². The maximum absolute atomic E-state index is 12.9. The molecule has 7 heteroatoms. The minimum atomic E-state index is -0.774. The van der Waals surface area contributed by atoms with Gasteiger partial charge in [-0.05, 0) is 67.5 Å². The van der Waals surface area contributed by atoms with Crippen LogP contribution in [0.1, 0.15) is 19.4 Å². The van der Waals surface area contributed by atoms with Crippen LogP contribution >= 0.6 is 12.2 Å². The molecular formula is C18H20FN3O2S. The number of thiocarbonyl (C=S) groups is 1. The van der Waals surface area contributed by atoms with E-state index in [4.69, 9.17) is 17.0 Å². The minimum absolute atomic E-state index is 0.260. The predicted molar refractivity (Wildman–Crippen MR) is 99.8 cm³/mol. The van der Waals surface area contributed by atoms with E-state index in [1.165, 1.54) is 29.8 Å². The van der Waals surface area contributed by atoms with E-state index < -0.39 is 12.0 Å². The molecule has 0 fully saturated rings. The van der Waals surface area contributed by atoms with Gasteiger partial charge in [0, 0.05) is 5.69 Å². The molecule has 0 unspecified atom stereocenters. The average molecular weight is 361 g/mol. The lowest BCUT2D eigenvalue weighted by Gasteiger charge is -2.16. The number of ether oxygens (including phenoxy) is 1. The summed E-state index contributed by atoms with van der Waals surface area (Å²) in [7, 11) is 0. The van der Waals surface area contributed by atoms with Gasteiger partial charge in [-0.15, -0.1) is 0 Å². The van der Waals surface area contributed by atoms with Crippen molar-refractivity contribution in [2.75, 3.05) is 5.32 Å². The molecule has 0 saturated heterocycles. The monoisotopic (exact) mass is 361 g/mol. The molecule has 0 spiro atoms. The SMILES string of the molecule is CCc1cccc(NC(=S)NNC(=O)[C@H](C)Oc2ccc(F)cc2)c1. The number of nitrogens with one attached hydrogen (secondary N) is 3. The lowest BCUT2D eigenvalue weighted by Crippen LogP contribution is -2.48. The molecule has 1 atom stereocenters. The maximum Gasteiger partial charge on any atom is 0.279 e. The van der Waals surface area contributed by atoms with Gasteiger partial charge in [-0.2, -0.15) is 0 Å². The molecule has 2 aromatic rings. The van der Waals surface area contributed by atoms with Crippen molar-refractivity contribution in [2.24, 2.45) is 0 Å². The Morgan fingerprint density at radius 3 is 2.60 bits per heavy atom. The first-order valence-corrected chi connectivity index (χ1v) is 8.26. The molecule has 0 bridgehead atoms. The van der Waals surface area contributed by atoms with Crippen molar-refractivity contribution >= 4 is 28.9 Å². The van der Waals surface area contributed by atoms with Crippen molar-refractivity contribution in [1.29, 1.82) is 0 Å². The highest BCUT2D eigenvalue weighted by atomic mass is 32.1. The number of aryl methyl sites for hydroxylation is 1. The molecule has 0 aliphatic rings. The first-order chi connectivity index (χ1) is 12.0. The third-order valence-electron chi connectivity index (χ3n) is 3.39. The first kappa shape index (κ1) is 18.7. The number of anilines is 1. The zero-order valence-corrected chi connectivity index (χ0v) is 14.8. The molecule has 2 aromatic carbocycles. The number of carbonyl (C=O) groups is 1. The molecule has 5 nitrogen and oxygen atoms in total. The second kappa shape index (κ2) is 8.98. The van der Waals surface area contributed by atoms with Crippen LogP contribution < -0.4 is 20.9 Å². The summed E-state index contributed by atoms with van der Waals surface area (Å²) >= 11 is 5.15. The van der Waals surface area contributed by atoms with E-state index in [-0.39, 0.29) is 10.9 Å². The molecule has 2 rings (SSSR count). The fourth-order valence-corrected chi connectivity index (χ4v) is 2.19. The van der Waals surface area contributed by atoms with Gasteiger partial charge in [0.15, 0.2) is 11.2 Å². The molecule has 0 heterocycles. The van der Waals surface area contributed by atoms with Crippen LogP contribution in [0, 0.1) is 5.82 Å². The summed E-state index contributed by atoms with van der Waals surface area (Å²) in [5.74, 6) is -0.369. The van der Waals surface area contributed by atoms with Gasteiger partial charge in [0.25, 0.3) is 5.91 Å². The third kappa shape index (κ3) is 6.04. The normalized spacial score (nSPS) is 11.3. The number of hydrazine groups is 1. The Balaban J connectivity index is 1.79. The summed E-state index contributed by atoms with van der Waals surface area (Å²) in [6.07, 6.45) is 0.147. The number of amides is 1. The molecule has 3 N–H and O–H groups in total. The Kier molecular flexibility index (Phi) is 6.71. The van der Waals surface area contributed by atoms with Gasteiger partial charge in [0.2, 0.25) is 0 Å². The highest BCUT2D eigenvalue weighted by Gasteiger charge is 2.14. The van der Waals surface area contributed by atoms with E-state index in [2.05, 4.69) is 23.1 Å². The number of benzene rings is 2. The Morgan fingerprint density at radius 2 is 1.92 bits per heavy atom. The Labute approximate surface area is 151 Å². The second-order valence-electron chi connectivity index (χ2n) is 5.34. The second-order valence-corrected chi connectivity index (χ2v) is 5.74. The minimum Gasteiger partial charge on any atom is -0.481 e. The van der Waals surface area contributed by atoms with Crippen LogP contribution in [0.2, 0.25) is 0 Å². The van der Waals surface area contributed by atoms with E-state index in [9.17, 15) is 9.18 Å². The number of hydrogen-bond acceptors (Lipinski definition) is 3. The van der Waals surface area contributed by atoms with Gasteiger partial charge in [-0.3, -0.25) is 15.6 Å². The van der Waals surface area contributed by atoms with Crippen molar-refractivity contribution in [2.45, 2.75) is 26.4 Å². The van der Waals surface area contributed by atoms with Crippen molar-refractivity contribution < 1.29 is 13.9 Å². The summed E-state index contributed by atoms with van der Waals surface area (Å²) in [5, 5.41) is 3.25. The van der Waals surface area contributed by atoms with Crippen LogP contribution in [-0.2, 0) is 11.2 Å². The van der Waals surface area contributed by atoms with Gasteiger partial charge >= 0.3 is 0 Å². The lowest BCUT2D eigenvalue weighted by atomic mass is 10.1. The van der Waals surface area contributed by atoms with Crippen LogP contribution in [0.15, 0.2) is 48.5 Å². The molecule has 25 heavy (non-hydrogen) atoms. The van der Waals surface area contributed by atoms with Crippen LogP contribution in [0.25, 0.3) is 0 Å². The number of rotatable bonds is 5. The fraction of sp³-hybridized carbons (Fsp3) is 0.222. The molecule has 0 aromatic heterocycles. The van der Waals surface area contributed by atoms with Crippen molar-refractivity contribution in [3.05, 3.63) is 59.9 Å². The Bertz CT molecular complexity index is 737. The van der Waals surface area contributed by atoms with Crippen molar-refractivity contribution in [3.63, 3.8) is 0 Å². The van der Waals surface area contributed by atoms with Gasteiger partial charge in [-0.1, -0.05) is 19.1 Å². The van der Waals surface area contributed by atoms with Gasteiger partial charge in [0.1, 0.15) is 11.6 Å². The van der Waals surface area contributed by atoms with Crippen LogP contribution in [-0.4, -0.2) is 17.1 Å². The molecule has 1 amide bonds. The maximum atomic E-state index is 12.9. The number of carbonyl (C=O) groups excluding carboxylic acids is 1. The van der Waals surface area contributed by atoms with Gasteiger partial charge in [-0.25, -0.2) is 4.39 Å². The number of hydrogen-bond donors (Lipinski definition) is 3. The zero-order chi connectivity index (χ0) is 18.2. The largest absolute Gasteiger partial charge is 0.481 e. The van der Waals surface area contributed by atoms with Crippen molar-refractivity contribution in [1.82, 2.24) is 10.9 Å². The van der Waals surface area contributed by atoms with E-state index in [0.29, 0.717) is 5.75 Å². The summed E-state index contributed by atoms with van der Waals surface area (Å²) in [5.41, 5.74) is 7.11. The molecule has 0 radical (unpaired) electrons. The topological polar surface area (TPSA) is 62.4 Å². The highest BCUT2D eigenvalue weighted by molar-refractivity contribution is 7.80. The van der Waals surface area contributed by atoms with E-state index in [0.717, 1.165) is 12.1 Å². The van der Waals surface area contributed by atoms with Crippen LogP contribution in [0.3, 0.4) is 0 Å². The number of halogens is 1. The lowest BCUT2D eigenvalue weighted by molar-refractivity contribution is -0.127. The quantitative estimate of drug-likeness (QED) is 0.564. The summed E-state index contributed by atoms with van der Waals surface area (Å²) in [4.78, 5) is 12.0. The fourth-order valence-electron chi connectivity index (χ4n) is 2.02. The molecule has 132 valence electrons. The predicted octanol–water partition coefficient (Wildman–Crippen LogP) is 3.17. The summed E-state index contributed by atoms with van der Waals surface area (Å²) in [6, 6.07) is 13.3. The van der Waals surface area contributed by atoms with Crippen LogP contribution in [0.4, 0.5) is 10.1 Å².